The first-order valence-electron chi connectivity index (χ1n) is 9.35. The zero-order valence-electron chi connectivity index (χ0n) is 15.1. The minimum atomic E-state index is 0. The van der Waals surface area contributed by atoms with Crippen molar-refractivity contribution in [1.29, 1.82) is 0 Å². The lowest BCUT2D eigenvalue weighted by Gasteiger charge is -2.32. The van der Waals surface area contributed by atoms with Crippen LogP contribution >= 0.6 is 12.4 Å². The average Bonchev–Trinajstić information content (AvgIpc) is 3.09. The molecule has 4 nitrogen and oxygen atoms in total. The number of halogens is 1. The van der Waals surface area contributed by atoms with Gasteiger partial charge in [0.15, 0.2) is 0 Å². The number of rotatable bonds is 5. The molecule has 140 valence electrons. The van der Waals surface area contributed by atoms with Crippen LogP contribution in [0.5, 0.6) is 0 Å². The number of hydrogen-bond donors (Lipinski definition) is 2. The lowest BCUT2D eigenvalue weighted by Crippen LogP contribution is -2.40. The number of benzene rings is 1. The van der Waals surface area contributed by atoms with Crippen molar-refractivity contribution in [3.8, 4) is 0 Å². The van der Waals surface area contributed by atoms with E-state index in [1.54, 1.807) is 0 Å². The Bertz CT molecular complexity index is 549. The molecule has 2 unspecified atom stereocenters. The number of carbonyl (C=O) groups is 1. The first-order valence-corrected chi connectivity index (χ1v) is 9.35. The Labute approximate surface area is 157 Å². The highest BCUT2D eigenvalue weighted by Gasteiger charge is 2.33. The fraction of sp³-hybridized carbons (Fsp3) is 0.650. The average molecular weight is 367 g/mol. The third-order valence-electron chi connectivity index (χ3n) is 5.69. The maximum atomic E-state index is 12.5. The van der Waals surface area contributed by atoms with Crippen LogP contribution in [0.25, 0.3) is 0 Å². The fourth-order valence-electron chi connectivity index (χ4n) is 4.20. The van der Waals surface area contributed by atoms with Gasteiger partial charge in [-0.05, 0) is 50.6 Å². The first kappa shape index (κ1) is 20.2. The van der Waals surface area contributed by atoms with Crippen LogP contribution in [0.2, 0.25) is 0 Å². The molecular weight excluding hydrogens is 336 g/mol. The molecule has 2 aliphatic rings. The van der Waals surface area contributed by atoms with E-state index >= 15 is 0 Å². The molecule has 1 aliphatic carbocycles. The summed E-state index contributed by atoms with van der Waals surface area (Å²) in [6.45, 7) is 4.22. The topological polar surface area (TPSA) is 64.3 Å². The van der Waals surface area contributed by atoms with E-state index in [1.807, 2.05) is 0 Å². The van der Waals surface area contributed by atoms with Crippen molar-refractivity contribution in [2.75, 3.05) is 19.7 Å². The normalized spacial score (nSPS) is 29.0. The van der Waals surface area contributed by atoms with Crippen molar-refractivity contribution in [3.05, 3.63) is 35.4 Å². The van der Waals surface area contributed by atoms with Crippen LogP contribution in [-0.2, 0) is 9.53 Å². The van der Waals surface area contributed by atoms with E-state index in [2.05, 4.69) is 36.5 Å². The molecule has 4 atom stereocenters. The summed E-state index contributed by atoms with van der Waals surface area (Å²) in [4.78, 5) is 12.5. The Kier molecular flexibility index (Phi) is 7.73. The van der Waals surface area contributed by atoms with Crippen molar-refractivity contribution < 1.29 is 9.53 Å². The van der Waals surface area contributed by atoms with Gasteiger partial charge < -0.3 is 15.8 Å². The van der Waals surface area contributed by atoms with E-state index < -0.39 is 0 Å². The Morgan fingerprint density at radius 1 is 1.16 bits per heavy atom. The van der Waals surface area contributed by atoms with Crippen LogP contribution in [0.4, 0.5) is 0 Å². The van der Waals surface area contributed by atoms with Gasteiger partial charge in [0.2, 0.25) is 5.91 Å². The Hall–Kier alpha value is -1.10. The maximum Gasteiger partial charge on any atom is 0.223 e. The number of nitrogens with one attached hydrogen (secondary N) is 1. The molecule has 0 radical (unpaired) electrons. The lowest BCUT2D eigenvalue weighted by atomic mass is 9.88. The summed E-state index contributed by atoms with van der Waals surface area (Å²) in [7, 11) is 0. The van der Waals surface area contributed by atoms with Gasteiger partial charge >= 0.3 is 0 Å². The highest BCUT2D eigenvalue weighted by atomic mass is 35.5. The zero-order chi connectivity index (χ0) is 16.9. The Morgan fingerprint density at radius 2 is 1.88 bits per heavy atom. The first-order chi connectivity index (χ1) is 11.7. The predicted molar refractivity (Wildman–Crippen MR) is 103 cm³/mol. The second-order valence-corrected chi connectivity index (χ2v) is 7.38. The number of aryl methyl sites for hydroxylation is 1. The van der Waals surface area contributed by atoms with E-state index in [-0.39, 0.29) is 30.3 Å². The van der Waals surface area contributed by atoms with E-state index in [1.165, 1.54) is 11.1 Å². The van der Waals surface area contributed by atoms with Crippen LogP contribution in [-0.4, -0.2) is 25.6 Å². The van der Waals surface area contributed by atoms with Crippen LogP contribution in [0.3, 0.4) is 0 Å². The second kappa shape index (κ2) is 9.56. The smallest absolute Gasteiger partial charge is 0.223 e. The minimum absolute atomic E-state index is 0. The van der Waals surface area contributed by atoms with Gasteiger partial charge in [-0.25, -0.2) is 0 Å². The molecule has 0 spiro atoms. The molecule has 1 saturated heterocycles. The third kappa shape index (κ3) is 4.96. The summed E-state index contributed by atoms with van der Waals surface area (Å²) < 4.78 is 6.05. The van der Waals surface area contributed by atoms with Crippen molar-refractivity contribution >= 4 is 18.3 Å². The summed E-state index contributed by atoms with van der Waals surface area (Å²) in [6.07, 6.45) is 5.46. The third-order valence-corrected chi connectivity index (χ3v) is 5.69. The Balaban J connectivity index is 0.00000225. The zero-order valence-corrected chi connectivity index (χ0v) is 15.9. The highest BCUT2D eigenvalue weighted by Crippen LogP contribution is 2.34. The molecule has 1 amide bonds. The summed E-state index contributed by atoms with van der Waals surface area (Å²) >= 11 is 0. The molecule has 1 aliphatic heterocycles. The largest absolute Gasteiger partial charge is 0.373 e. The summed E-state index contributed by atoms with van der Waals surface area (Å²) in [5.74, 6) is 1.01. The van der Waals surface area contributed by atoms with E-state index in [0.29, 0.717) is 24.9 Å². The SMILES string of the molecule is Cc1ccc(C2OCCCC2CNC(=O)[C@@H]2CCC[C@@H]2CN)cc1.Cl. The molecule has 5 heteroatoms. The molecule has 3 rings (SSSR count). The lowest BCUT2D eigenvalue weighted by molar-refractivity contribution is -0.126. The van der Waals surface area contributed by atoms with Crippen LogP contribution in [0.15, 0.2) is 24.3 Å². The minimum Gasteiger partial charge on any atom is -0.373 e. The number of amides is 1. The van der Waals surface area contributed by atoms with Crippen LogP contribution in [0.1, 0.15) is 49.3 Å². The fourth-order valence-corrected chi connectivity index (χ4v) is 4.20. The maximum absolute atomic E-state index is 12.5. The van der Waals surface area contributed by atoms with Gasteiger partial charge in [-0.2, -0.15) is 0 Å². The highest BCUT2D eigenvalue weighted by molar-refractivity contribution is 5.85. The van der Waals surface area contributed by atoms with Gasteiger partial charge in [-0.1, -0.05) is 36.2 Å². The van der Waals surface area contributed by atoms with Crippen LogP contribution in [0, 0.1) is 24.7 Å². The molecule has 0 aromatic heterocycles. The second-order valence-electron chi connectivity index (χ2n) is 7.38. The predicted octanol–water partition coefficient (Wildman–Crippen LogP) is 3.38. The van der Waals surface area contributed by atoms with Crippen molar-refractivity contribution in [1.82, 2.24) is 5.32 Å². The molecule has 1 heterocycles. The van der Waals surface area contributed by atoms with Gasteiger partial charge in [0, 0.05) is 25.0 Å². The van der Waals surface area contributed by atoms with Gasteiger partial charge in [0.25, 0.3) is 0 Å². The summed E-state index contributed by atoms with van der Waals surface area (Å²) in [5.41, 5.74) is 8.29. The Morgan fingerprint density at radius 3 is 2.60 bits per heavy atom. The van der Waals surface area contributed by atoms with Gasteiger partial charge in [0.1, 0.15) is 0 Å². The molecule has 3 N–H and O–H groups in total. The van der Waals surface area contributed by atoms with Gasteiger partial charge in [-0.3, -0.25) is 4.79 Å². The van der Waals surface area contributed by atoms with Crippen molar-refractivity contribution in [3.63, 3.8) is 0 Å². The molecule has 25 heavy (non-hydrogen) atoms. The van der Waals surface area contributed by atoms with Gasteiger partial charge in [0.05, 0.1) is 6.10 Å². The molecule has 1 aromatic rings. The van der Waals surface area contributed by atoms with E-state index in [4.69, 9.17) is 10.5 Å². The number of ether oxygens (including phenoxy) is 1. The standard InChI is InChI=1S/C20H30N2O2.ClH/c1-14-7-9-15(10-8-14)19-17(5-3-11-24-19)13-22-20(23)18-6-2-4-16(18)12-21;/h7-10,16-19H,2-6,11-13,21H2,1H3,(H,22,23);1H/t16-,17?,18-,19?;/m1./s1. The van der Waals surface area contributed by atoms with Gasteiger partial charge in [-0.15, -0.1) is 12.4 Å². The number of nitrogens with two attached hydrogens (primary N) is 1. The number of carbonyl (C=O) groups excluding carboxylic acids is 1. The van der Waals surface area contributed by atoms with E-state index in [0.717, 1.165) is 38.7 Å². The monoisotopic (exact) mass is 366 g/mol. The molecule has 0 bridgehead atoms. The summed E-state index contributed by atoms with van der Waals surface area (Å²) in [6, 6.07) is 8.57. The van der Waals surface area contributed by atoms with Crippen molar-refractivity contribution in [2.45, 2.75) is 45.1 Å². The summed E-state index contributed by atoms with van der Waals surface area (Å²) in [5, 5.41) is 3.20. The van der Waals surface area contributed by atoms with Crippen LogP contribution < -0.4 is 11.1 Å². The van der Waals surface area contributed by atoms with Crippen molar-refractivity contribution in [2.24, 2.45) is 23.5 Å². The molecule has 2 fully saturated rings. The molecule has 1 saturated carbocycles. The van der Waals surface area contributed by atoms with E-state index in [9.17, 15) is 4.79 Å². The molecule has 1 aromatic carbocycles. The number of hydrogen-bond acceptors (Lipinski definition) is 3. The quantitative estimate of drug-likeness (QED) is 0.839. The molecular formula is C20H31ClN2O2.